The first-order chi connectivity index (χ1) is 4.43. The molecule has 0 N–H and O–H groups in total. The Bertz CT molecular complexity index is 162. The molecule has 0 spiro atoms. The first kappa shape index (κ1) is 6.43. The molecule has 0 aliphatic carbocycles. The predicted molar refractivity (Wildman–Crippen MR) is 37.8 cm³/mol. The lowest BCUT2D eigenvalue weighted by atomic mass is 10.3. The summed E-state index contributed by atoms with van der Waals surface area (Å²) < 4.78 is 4.97. The molecule has 1 nitrogen and oxygen atoms in total. The molecule has 0 aliphatic heterocycles. The van der Waals surface area contributed by atoms with E-state index in [2.05, 4.69) is 0 Å². The zero-order chi connectivity index (χ0) is 6.53. The molecular weight excluding hydrogens is 136 g/mol. The molecule has 2 heteroatoms. The monoisotopic (exact) mass is 142 g/mol. The quantitative estimate of drug-likeness (QED) is 0.576. The van der Waals surface area contributed by atoms with Crippen LogP contribution in [0.3, 0.4) is 0 Å². The lowest BCUT2D eigenvalue weighted by molar-refractivity contribution is 0.388. The van der Waals surface area contributed by atoms with Crippen LogP contribution in [0.4, 0.5) is 0 Å². The molecule has 0 saturated heterocycles. The fourth-order valence-electron chi connectivity index (χ4n) is 0.580. The van der Waals surface area contributed by atoms with Crippen molar-refractivity contribution in [1.29, 1.82) is 0 Å². The minimum atomic E-state index is 0.212. The number of rotatable bonds is 2. The van der Waals surface area contributed by atoms with Gasteiger partial charge in [0.05, 0.1) is 0 Å². The van der Waals surface area contributed by atoms with Crippen molar-refractivity contribution in [1.82, 2.24) is 0 Å². The normalized spacial score (nSPS) is 9.00. The van der Waals surface area contributed by atoms with Crippen molar-refractivity contribution < 1.29 is 4.74 Å². The van der Waals surface area contributed by atoms with Gasteiger partial charge in [0.25, 0.3) is 0 Å². The average Bonchev–Trinajstić information content (AvgIpc) is 1.91. The van der Waals surface area contributed by atoms with E-state index in [9.17, 15) is 0 Å². The standard InChI is InChI=1S/C7H7ClO/c8-6-9-7-4-2-1-3-5-7/h1-5H,6H2. The van der Waals surface area contributed by atoms with E-state index in [1.165, 1.54) is 0 Å². The number of hydrogen-bond acceptors (Lipinski definition) is 1. The van der Waals surface area contributed by atoms with Crippen molar-refractivity contribution in [3.05, 3.63) is 30.3 Å². The number of hydrogen-bond donors (Lipinski definition) is 0. The van der Waals surface area contributed by atoms with Crippen LogP contribution in [0.2, 0.25) is 0 Å². The maximum absolute atomic E-state index is 5.31. The molecule has 0 fully saturated rings. The molecule has 0 heterocycles. The average molecular weight is 143 g/mol. The van der Waals surface area contributed by atoms with E-state index in [0.717, 1.165) is 5.75 Å². The third-order valence-corrected chi connectivity index (χ3v) is 1.07. The molecule has 1 aromatic carbocycles. The van der Waals surface area contributed by atoms with Gasteiger partial charge in [0, 0.05) is 0 Å². The fourth-order valence-corrected chi connectivity index (χ4v) is 0.706. The topological polar surface area (TPSA) is 9.23 Å². The summed E-state index contributed by atoms with van der Waals surface area (Å²) in [5.41, 5.74) is 0. The molecule has 48 valence electrons. The Labute approximate surface area is 59.2 Å². The third-order valence-electron chi connectivity index (χ3n) is 0.964. The highest BCUT2D eigenvalue weighted by Crippen LogP contribution is 2.07. The highest BCUT2D eigenvalue weighted by atomic mass is 35.5. The summed E-state index contributed by atoms with van der Waals surface area (Å²) in [6.45, 7) is 0. The van der Waals surface area contributed by atoms with Crippen LogP contribution in [0.1, 0.15) is 0 Å². The lowest BCUT2D eigenvalue weighted by Gasteiger charge is -1.97. The predicted octanol–water partition coefficient (Wildman–Crippen LogP) is 2.26. The number of ether oxygens (including phenoxy) is 1. The Hall–Kier alpha value is -0.690. The van der Waals surface area contributed by atoms with Crippen molar-refractivity contribution in [2.24, 2.45) is 0 Å². The van der Waals surface area contributed by atoms with Gasteiger partial charge in [-0.3, -0.25) is 0 Å². The molecule has 0 aliphatic rings. The lowest BCUT2D eigenvalue weighted by Crippen LogP contribution is -1.86. The van der Waals surface area contributed by atoms with Crippen LogP contribution in [-0.4, -0.2) is 6.07 Å². The Morgan fingerprint density at radius 1 is 1.22 bits per heavy atom. The largest absolute Gasteiger partial charge is 0.478 e. The smallest absolute Gasteiger partial charge is 0.162 e. The van der Waals surface area contributed by atoms with E-state index in [0.29, 0.717) is 0 Å². The minimum absolute atomic E-state index is 0.212. The van der Waals surface area contributed by atoms with Crippen molar-refractivity contribution in [3.63, 3.8) is 0 Å². The van der Waals surface area contributed by atoms with E-state index in [-0.39, 0.29) is 6.07 Å². The molecule has 9 heavy (non-hydrogen) atoms. The van der Waals surface area contributed by atoms with Gasteiger partial charge in [-0.25, -0.2) is 0 Å². The van der Waals surface area contributed by atoms with Gasteiger partial charge in [-0.2, -0.15) is 0 Å². The molecular formula is C7H7ClO. The van der Waals surface area contributed by atoms with Gasteiger partial charge in [0.2, 0.25) is 0 Å². The van der Waals surface area contributed by atoms with Crippen LogP contribution >= 0.6 is 11.6 Å². The summed E-state index contributed by atoms with van der Waals surface area (Å²) >= 11 is 5.31. The van der Waals surface area contributed by atoms with Crippen LogP contribution < -0.4 is 4.74 Å². The molecule has 0 bridgehead atoms. The summed E-state index contributed by atoms with van der Waals surface area (Å²) in [5, 5.41) is 0. The molecule has 0 amide bonds. The second-order valence-corrected chi connectivity index (χ2v) is 1.78. The molecule has 1 rings (SSSR count). The van der Waals surface area contributed by atoms with Crippen molar-refractivity contribution in [2.75, 3.05) is 6.07 Å². The van der Waals surface area contributed by atoms with E-state index in [1.54, 1.807) is 0 Å². The number of alkyl halides is 1. The van der Waals surface area contributed by atoms with Crippen molar-refractivity contribution >= 4 is 11.6 Å². The van der Waals surface area contributed by atoms with Gasteiger partial charge in [-0.05, 0) is 12.1 Å². The highest BCUT2D eigenvalue weighted by Gasteiger charge is 1.84. The van der Waals surface area contributed by atoms with Crippen LogP contribution in [-0.2, 0) is 0 Å². The summed E-state index contributed by atoms with van der Waals surface area (Å²) in [7, 11) is 0. The number of benzene rings is 1. The highest BCUT2D eigenvalue weighted by molar-refractivity contribution is 6.17. The Balaban J connectivity index is 2.61. The zero-order valence-corrected chi connectivity index (χ0v) is 5.64. The van der Waals surface area contributed by atoms with E-state index >= 15 is 0 Å². The van der Waals surface area contributed by atoms with Crippen LogP contribution in [0.5, 0.6) is 5.75 Å². The summed E-state index contributed by atoms with van der Waals surface area (Å²) in [6, 6.07) is 9.68. The molecule has 1 aromatic rings. The molecule has 0 aromatic heterocycles. The van der Waals surface area contributed by atoms with Gasteiger partial charge in [0.15, 0.2) is 6.07 Å². The second kappa shape index (κ2) is 3.36. The summed E-state index contributed by atoms with van der Waals surface area (Å²) in [5.74, 6) is 0.813. The maximum atomic E-state index is 5.31. The number of halogens is 1. The van der Waals surface area contributed by atoms with E-state index in [1.807, 2.05) is 30.3 Å². The maximum Gasteiger partial charge on any atom is 0.162 e. The van der Waals surface area contributed by atoms with Crippen molar-refractivity contribution in [2.45, 2.75) is 0 Å². The third kappa shape index (κ3) is 1.94. The molecule has 0 unspecified atom stereocenters. The summed E-state index contributed by atoms with van der Waals surface area (Å²) in [4.78, 5) is 0. The van der Waals surface area contributed by atoms with Crippen molar-refractivity contribution in [3.8, 4) is 5.75 Å². The van der Waals surface area contributed by atoms with Gasteiger partial charge in [-0.1, -0.05) is 29.8 Å². The summed E-state index contributed by atoms with van der Waals surface area (Å²) in [6.07, 6.45) is 0. The first-order valence-corrected chi connectivity index (χ1v) is 3.21. The Morgan fingerprint density at radius 2 is 1.89 bits per heavy atom. The van der Waals surface area contributed by atoms with E-state index in [4.69, 9.17) is 16.3 Å². The second-order valence-electron chi connectivity index (χ2n) is 1.57. The van der Waals surface area contributed by atoms with Gasteiger partial charge < -0.3 is 4.74 Å². The van der Waals surface area contributed by atoms with Gasteiger partial charge >= 0.3 is 0 Å². The molecule has 0 radical (unpaired) electrons. The van der Waals surface area contributed by atoms with Gasteiger partial charge in [0.1, 0.15) is 5.75 Å². The SMILES string of the molecule is ClCOc1ccccc1. The Morgan fingerprint density at radius 3 is 2.44 bits per heavy atom. The van der Waals surface area contributed by atoms with Crippen LogP contribution in [0.25, 0.3) is 0 Å². The molecule has 0 saturated carbocycles. The van der Waals surface area contributed by atoms with Gasteiger partial charge in [-0.15, -0.1) is 0 Å². The fraction of sp³-hybridized carbons (Fsp3) is 0.143. The first-order valence-electron chi connectivity index (χ1n) is 2.67. The minimum Gasteiger partial charge on any atom is -0.478 e. The van der Waals surface area contributed by atoms with E-state index < -0.39 is 0 Å². The zero-order valence-electron chi connectivity index (χ0n) is 4.88. The number of para-hydroxylation sites is 1. The van der Waals surface area contributed by atoms with Crippen LogP contribution in [0.15, 0.2) is 30.3 Å². The molecule has 0 atom stereocenters. The van der Waals surface area contributed by atoms with Crippen LogP contribution in [0, 0.1) is 0 Å². The Kier molecular flexibility index (Phi) is 2.40.